The first-order chi connectivity index (χ1) is 15.8. The van der Waals surface area contributed by atoms with Gasteiger partial charge < -0.3 is 20.2 Å². The van der Waals surface area contributed by atoms with Crippen LogP contribution in [-0.2, 0) is 17.6 Å². The molecule has 0 fully saturated rings. The summed E-state index contributed by atoms with van der Waals surface area (Å²) >= 11 is 0. The molecule has 0 aliphatic rings. The predicted molar refractivity (Wildman–Crippen MR) is 133 cm³/mol. The highest BCUT2D eigenvalue weighted by Crippen LogP contribution is 2.14. The molecule has 0 heterocycles. The third-order valence-electron chi connectivity index (χ3n) is 5.79. The zero-order chi connectivity index (χ0) is 24.2. The summed E-state index contributed by atoms with van der Waals surface area (Å²) in [6.07, 6.45) is 2.65. The largest absolute Gasteiger partial charge is 0.394 e. The van der Waals surface area contributed by atoms with Crippen molar-refractivity contribution in [1.82, 2.24) is 15.1 Å². The molecule has 3 amide bonds. The Balaban J connectivity index is 2.17. The highest BCUT2D eigenvalue weighted by molar-refractivity contribution is 5.87. The van der Waals surface area contributed by atoms with Crippen LogP contribution < -0.4 is 5.32 Å². The predicted octanol–water partition coefficient (Wildman–Crippen LogP) is 3.74. The summed E-state index contributed by atoms with van der Waals surface area (Å²) < 4.78 is 0. The molecule has 0 aliphatic heterocycles. The minimum atomic E-state index is -0.676. The van der Waals surface area contributed by atoms with Crippen molar-refractivity contribution in [3.05, 3.63) is 71.8 Å². The maximum absolute atomic E-state index is 13.4. The molecular formula is C27H39N3O3. The van der Waals surface area contributed by atoms with E-state index in [1.807, 2.05) is 48.5 Å². The van der Waals surface area contributed by atoms with E-state index in [0.29, 0.717) is 25.3 Å². The molecule has 0 saturated carbocycles. The van der Waals surface area contributed by atoms with Gasteiger partial charge in [0.1, 0.15) is 6.04 Å². The third kappa shape index (κ3) is 8.89. The fourth-order valence-electron chi connectivity index (χ4n) is 3.76. The Labute approximate surface area is 198 Å². The summed E-state index contributed by atoms with van der Waals surface area (Å²) in [5.74, 6) is 0.262. The van der Waals surface area contributed by atoms with Crippen molar-refractivity contribution in [2.75, 3.05) is 27.2 Å². The second kappa shape index (κ2) is 13.6. The SMILES string of the molecule is CC(C)CCN(C(=O)N[C@@H](Cc1ccccc1)C(=O)N(C)C)[C@H](CO)CCc1ccccc1. The van der Waals surface area contributed by atoms with Gasteiger partial charge in [0.2, 0.25) is 5.91 Å². The number of amides is 3. The zero-order valence-corrected chi connectivity index (χ0v) is 20.4. The van der Waals surface area contributed by atoms with E-state index in [1.165, 1.54) is 10.5 Å². The lowest BCUT2D eigenvalue weighted by Gasteiger charge is -2.33. The van der Waals surface area contributed by atoms with Crippen molar-refractivity contribution in [3.63, 3.8) is 0 Å². The summed E-state index contributed by atoms with van der Waals surface area (Å²) in [5, 5.41) is 13.1. The summed E-state index contributed by atoms with van der Waals surface area (Å²) in [6, 6.07) is 18.5. The first-order valence-electron chi connectivity index (χ1n) is 11.8. The molecule has 0 saturated heterocycles. The highest BCUT2D eigenvalue weighted by atomic mass is 16.3. The van der Waals surface area contributed by atoms with Crippen molar-refractivity contribution < 1.29 is 14.7 Å². The van der Waals surface area contributed by atoms with Crippen molar-refractivity contribution in [2.24, 2.45) is 5.92 Å². The summed E-state index contributed by atoms with van der Waals surface area (Å²) in [7, 11) is 3.39. The molecule has 0 aliphatic carbocycles. The van der Waals surface area contributed by atoms with E-state index in [1.54, 1.807) is 19.0 Å². The molecule has 0 radical (unpaired) electrons. The highest BCUT2D eigenvalue weighted by Gasteiger charge is 2.28. The van der Waals surface area contributed by atoms with Gasteiger partial charge in [0.05, 0.1) is 12.6 Å². The van der Waals surface area contributed by atoms with Crippen molar-refractivity contribution in [2.45, 2.75) is 51.6 Å². The van der Waals surface area contributed by atoms with E-state index < -0.39 is 6.04 Å². The van der Waals surface area contributed by atoms with E-state index in [2.05, 4.69) is 31.3 Å². The number of carbonyl (C=O) groups excluding carboxylic acids is 2. The summed E-state index contributed by atoms with van der Waals surface area (Å²) in [6.45, 7) is 4.63. The first-order valence-corrected chi connectivity index (χ1v) is 11.8. The van der Waals surface area contributed by atoms with E-state index >= 15 is 0 Å². The second-order valence-corrected chi connectivity index (χ2v) is 9.16. The number of nitrogens with zero attached hydrogens (tertiary/aromatic N) is 2. The smallest absolute Gasteiger partial charge is 0.318 e. The van der Waals surface area contributed by atoms with Gasteiger partial charge in [-0.2, -0.15) is 0 Å². The molecule has 6 nitrogen and oxygen atoms in total. The van der Waals surface area contributed by atoms with Crippen LogP contribution in [0.5, 0.6) is 0 Å². The lowest BCUT2D eigenvalue weighted by Crippen LogP contribution is -2.55. The Morgan fingerprint density at radius 2 is 1.48 bits per heavy atom. The van der Waals surface area contributed by atoms with Crippen molar-refractivity contribution >= 4 is 11.9 Å². The van der Waals surface area contributed by atoms with Gasteiger partial charge >= 0.3 is 6.03 Å². The molecular weight excluding hydrogens is 414 g/mol. The normalized spacial score (nSPS) is 12.8. The molecule has 0 bridgehead atoms. The van der Waals surface area contributed by atoms with Gasteiger partial charge in [-0.05, 0) is 36.3 Å². The van der Waals surface area contributed by atoms with Crippen LogP contribution in [0.25, 0.3) is 0 Å². The molecule has 0 aromatic heterocycles. The van der Waals surface area contributed by atoms with Gasteiger partial charge in [0, 0.05) is 27.1 Å². The maximum Gasteiger partial charge on any atom is 0.318 e. The Kier molecular flexibility index (Phi) is 10.9. The van der Waals surface area contributed by atoms with Gasteiger partial charge in [0.25, 0.3) is 0 Å². The Hall–Kier alpha value is -2.86. The van der Waals surface area contributed by atoms with Crippen LogP contribution in [0, 0.1) is 5.92 Å². The molecule has 6 heteroatoms. The first kappa shape index (κ1) is 26.4. The lowest BCUT2D eigenvalue weighted by atomic mass is 10.0. The number of aliphatic hydroxyl groups excluding tert-OH is 1. The maximum atomic E-state index is 13.4. The molecule has 0 unspecified atom stereocenters. The Morgan fingerprint density at radius 3 is 2.00 bits per heavy atom. The van der Waals surface area contributed by atoms with Crippen molar-refractivity contribution in [1.29, 1.82) is 0 Å². The lowest BCUT2D eigenvalue weighted by molar-refractivity contribution is -0.130. The minimum Gasteiger partial charge on any atom is -0.394 e. The fourth-order valence-corrected chi connectivity index (χ4v) is 3.76. The molecule has 180 valence electrons. The van der Waals surface area contributed by atoms with Gasteiger partial charge in [-0.25, -0.2) is 4.79 Å². The number of aliphatic hydroxyl groups is 1. The van der Waals surface area contributed by atoms with E-state index in [4.69, 9.17) is 0 Å². The summed E-state index contributed by atoms with van der Waals surface area (Å²) in [4.78, 5) is 29.5. The average Bonchev–Trinajstić information content (AvgIpc) is 2.81. The molecule has 0 spiro atoms. The number of likely N-dealkylation sites (N-methyl/N-ethyl adjacent to an activating group) is 1. The van der Waals surface area contributed by atoms with Gasteiger partial charge in [-0.1, -0.05) is 74.5 Å². The van der Waals surface area contributed by atoms with E-state index in [-0.39, 0.29) is 24.6 Å². The quantitative estimate of drug-likeness (QED) is 0.514. The zero-order valence-electron chi connectivity index (χ0n) is 20.4. The van der Waals surface area contributed by atoms with Crippen LogP contribution in [0.1, 0.15) is 37.8 Å². The molecule has 2 rings (SSSR count). The standard InChI is InChI=1S/C27H39N3O3/c1-21(2)17-18-30(24(20-31)16-15-22-11-7-5-8-12-22)27(33)28-25(26(32)29(3)4)19-23-13-9-6-10-14-23/h5-14,21,24-25,31H,15-20H2,1-4H3,(H,28,33)/t24-,25-/m0/s1. The molecule has 33 heavy (non-hydrogen) atoms. The average molecular weight is 454 g/mol. The number of hydrogen-bond acceptors (Lipinski definition) is 3. The Bertz CT molecular complexity index is 840. The van der Waals surface area contributed by atoms with Crippen LogP contribution in [-0.4, -0.2) is 66.2 Å². The van der Waals surface area contributed by atoms with Crippen LogP contribution in [0.3, 0.4) is 0 Å². The molecule has 2 N–H and O–H groups in total. The van der Waals surface area contributed by atoms with Crippen LogP contribution >= 0.6 is 0 Å². The van der Waals surface area contributed by atoms with Gasteiger partial charge in [-0.3, -0.25) is 4.79 Å². The van der Waals surface area contributed by atoms with Gasteiger partial charge in [-0.15, -0.1) is 0 Å². The number of aryl methyl sites for hydroxylation is 1. The topological polar surface area (TPSA) is 72.9 Å². The van der Waals surface area contributed by atoms with Crippen LogP contribution in [0.2, 0.25) is 0 Å². The number of hydrogen-bond donors (Lipinski definition) is 2. The minimum absolute atomic E-state index is 0.122. The fraction of sp³-hybridized carbons (Fsp3) is 0.481. The van der Waals surface area contributed by atoms with E-state index in [0.717, 1.165) is 18.4 Å². The number of benzene rings is 2. The van der Waals surface area contributed by atoms with Crippen LogP contribution in [0.15, 0.2) is 60.7 Å². The second-order valence-electron chi connectivity index (χ2n) is 9.16. The summed E-state index contributed by atoms with van der Waals surface area (Å²) in [5.41, 5.74) is 2.15. The number of rotatable bonds is 12. The monoisotopic (exact) mass is 453 g/mol. The van der Waals surface area contributed by atoms with Crippen molar-refractivity contribution in [3.8, 4) is 0 Å². The van der Waals surface area contributed by atoms with Gasteiger partial charge in [0.15, 0.2) is 0 Å². The van der Waals surface area contributed by atoms with Crippen LogP contribution in [0.4, 0.5) is 4.79 Å². The molecule has 2 atom stereocenters. The molecule has 2 aromatic rings. The third-order valence-corrected chi connectivity index (χ3v) is 5.79. The number of carbonyl (C=O) groups is 2. The van der Waals surface area contributed by atoms with E-state index in [9.17, 15) is 14.7 Å². The Morgan fingerprint density at radius 1 is 0.909 bits per heavy atom. The molecule has 2 aromatic carbocycles. The number of urea groups is 1. The number of nitrogens with one attached hydrogen (secondary N) is 1.